The largest absolute Gasteiger partial charge is 0.339 e. The van der Waals surface area contributed by atoms with Crippen LogP contribution in [0.1, 0.15) is 52.1 Å². The molecule has 0 N–H and O–H groups in total. The monoisotopic (exact) mass is 445 g/mol. The highest BCUT2D eigenvalue weighted by Crippen LogP contribution is 2.41. The maximum Gasteiger partial charge on any atom is 0.332 e. The minimum Gasteiger partial charge on any atom is -0.339 e. The molecule has 0 unspecified atom stereocenters. The summed E-state index contributed by atoms with van der Waals surface area (Å²) in [7, 11) is 0. The lowest BCUT2D eigenvalue weighted by atomic mass is 9.76. The number of fused-ring (bicyclic) bond motifs is 2. The van der Waals surface area contributed by atoms with Gasteiger partial charge in [-0.15, -0.1) is 0 Å². The molecule has 0 atom stereocenters. The average Bonchev–Trinajstić information content (AvgIpc) is 3.15. The van der Waals surface area contributed by atoms with Gasteiger partial charge in [0.15, 0.2) is 0 Å². The van der Waals surface area contributed by atoms with E-state index in [-0.39, 0.29) is 17.9 Å². The summed E-state index contributed by atoms with van der Waals surface area (Å²) in [6.45, 7) is 5.91. The fourth-order valence-corrected chi connectivity index (χ4v) is 5.24. The molecule has 170 valence electrons. The van der Waals surface area contributed by atoms with Crippen molar-refractivity contribution in [2.75, 3.05) is 13.1 Å². The molecular weight excluding hydrogens is 418 g/mol. The lowest BCUT2D eigenvalue weighted by molar-refractivity contribution is 0.0661. The molecule has 0 saturated carbocycles. The Bertz CT molecular complexity index is 1310. The number of pyridine rings is 1. The standard InChI is InChI=1S/C25H27N5O3/c1-17-12-18(2)14-20(13-17)21(31)28-9-5-25(6-10-28)7-11-29-22(32)23(33)30(27-24(25)29)16-19-4-3-8-26-15-19/h3-4,8,12-15H,5-7,9-11,16H2,1-2H3. The zero-order valence-corrected chi connectivity index (χ0v) is 19.0. The minimum absolute atomic E-state index is 0.0431. The van der Waals surface area contributed by atoms with E-state index in [0.29, 0.717) is 25.5 Å². The number of aryl methyl sites for hydroxylation is 2. The van der Waals surface area contributed by atoms with Crippen molar-refractivity contribution in [2.45, 2.75) is 51.6 Å². The molecule has 3 aromatic rings. The quantitative estimate of drug-likeness (QED) is 0.576. The number of benzene rings is 1. The van der Waals surface area contributed by atoms with Crippen molar-refractivity contribution in [3.63, 3.8) is 0 Å². The third-order valence-electron chi connectivity index (χ3n) is 6.95. The van der Waals surface area contributed by atoms with Crippen molar-refractivity contribution < 1.29 is 4.79 Å². The van der Waals surface area contributed by atoms with Gasteiger partial charge >= 0.3 is 11.1 Å². The summed E-state index contributed by atoms with van der Waals surface area (Å²) < 4.78 is 2.81. The van der Waals surface area contributed by atoms with Gasteiger partial charge in [-0.05, 0) is 56.9 Å². The molecule has 5 rings (SSSR count). The van der Waals surface area contributed by atoms with Crippen LogP contribution >= 0.6 is 0 Å². The summed E-state index contributed by atoms with van der Waals surface area (Å²) in [6, 6.07) is 9.58. The van der Waals surface area contributed by atoms with Gasteiger partial charge in [0.1, 0.15) is 5.82 Å². The zero-order chi connectivity index (χ0) is 23.2. The number of piperidine rings is 1. The highest BCUT2D eigenvalue weighted by molar-refractivity contribution is 5.94. The van der Waals surface area contributed by atoms with Crippen LogP contribution in [-0.2, 0) is 18.5 Å². The highest BCUT2D eigenvalue weighted by atomic mass is 16.2. The molecule has 8 nitrogen and oxygen atoms in total. The second-order valence-corrected chi connectivity index (χ2v) is 9.30. The number of likely N-dealkylation sites (tertiary alicyclic amines) is 1. The van der Waals surface area contributed by atoms with Gasteiger partial charge in [0, 0.05) is 43.0 Å². The fourth-order valence-electron chi connectivity index (χ4n) is 5.24. The van der Waals surface area contributed by atoms with E-state index in [1.54, 1.807) is 23.0 Å². The van der Waals surface area contributed by atoms with Crippen molar-refractivity contribution in [3.05, 3.63) is 91.5 Å². The molecule has 2 aliphatic rings. The van der Waals surface area contributed by atoms with Gasteiger partial charge in [0.25, 0.3) is 5.91 Å². The predicted molar refractivity (Wildman–Crippen MR) is 123 cm³/mol. The number of amides is 1. The molecule has 0 radical (unpaired) electrons. The van der Waals surface area contributed by atoms with Crippen LogP contribution in [-0.4, -0.2) is 43.2 Å². The van der Waals surface area contributed by atoms with Crippen LogP contribution in [0.2, 0.25) is 0 Å². The van der Waals surface area contributed by atoms with Crippen molar-refractivity contribution in [1.82, 2.24) is 24.2 Å². The van der Waals surface area contributed by atoms with Crippen molar-refractivity contribution in [3.8, 4) is 0 Å². The van der Waals surface area contributed by atoms with Crippen LogP contribution in [0.15, 0.2) is 52.3 Å². The van der Waals surface area contributed by atoms with Gasteiger partial charge in [-0.1, -0.05) is 23.3 Å². The first-order valence-corrected chi connectivity index (χ1v) is 11.4. The molecule has 8 heteroatoms. The molecule has 4 heterocycles. The predicted octanol–water partition coefficient (Wildman–Crippen LogP) is 2.04. The third-order valence-corrected chi connectivity index (χ3v) is 6.95. The van der Waals surface area contributed by atoms with Gasteiger partial charge in [-0.25, -0.2) is 4.68 Å². The molecule has 0 bridgehead atoms. The molecule has 2 aliphatic heterocycles. The summed E-state index contributed by atoms with van der Waals surface area (Å²) in [5.41, 5.74) is 2.27. The van der Waals surface area contributed by atoms with Crippen LogP contribution in [0.3, 0.4) is 0 Å². The molecule has 1 spiro atoms. The van der Waals surface area contributed by atoms with Crippen molar-refractivity contribution in [1.29, 1.82) is 0 Å². The van der Waals surface area contributed by atoms with Gasteiger partial charge < -0.3 is 4.90 Å². The Morgan fingerprint density at radius 2 is 1.70 bits per heavy atom. The van der Waals surface area contributed by atoms with Gasteiger partial charge in [0.2, 0.25) is 0 Å². The van der Waals surface area contributed by atoms with E-state index >= 15 is 0 Å². The topological polar surface area (TPSA) is 90.1 Å². The van der Waals surface area contributed by atoms with Crippen LogP contribution in [0.25, 0.3) is 0 Å². The van der Waals surface area contributed by atoms with Gasteiger partial charge in [-0.3, -0.25) is 23.9 Å². The Kier molecular flexibility index (Phi) is 5.23. The summed E-state index contributed by atoms with van der Waals surface area (Å²) in [5.74, 6) is 0.719. The van der Waals surface area contributed by atoms with E-state index < -0.39 is 11.1 Å². The SMILES string of the molecule is Cc1cc(C)cc(C(=O)N2CCC3(CC2)CCn2c3nn(Cc3cccnc3)c(=O)c2=O)c1. The summed E-state index contributed by atoms with van der Waals surface area (Å²) in [4.78, 5) is 44.6. The first-order valence-electron chi connectivity index (χ1n) is 11.4. The Balaban J connectivity index is 1.41. The third kappa shape index (κ3) is 3.79. The maximum absolute atomic E-state index is 13.1. The normalized spacial score (nSPS) is 16.7. The molecule has 1 saturated heterocycles. The molecule has 1 amide bonds. The molecule has 1 aromatic carbocycles. The van der Waals surface area contributed by atoms with E-state index in [1.807, 2.05) is 36.9 Å². The summed E-state index contributed by atoms with van der Waals surface area (Å²) in [5, 5.41) is 4.67. The maximum atomic E-state index is 13.1. The number of nitrogens with zero attached hydrogens (tertiary/aromatic N) is 5. The molecule has 1 fully saturated rings. The highest BCUT2D eigenvalue weighted by Gasteiger charge is 2.45. The second-order valence-electron chi connectivity index (χ2n) is 9.30. The first-order chi connectivity index (χ1) is 15.9. The number of hydrogen-bond donors (Lipinski definition) is 0. The first kappa shape index (κ1) is 21.3. The average molecular weight is 446 g/mol. The summed E-state index contributed by atoms with van der Waals surface area (Å²) in [6.07, 6.45) is 5.55. The number of rotatable bonds is 3. The van der Waals surface area contributed by atoms with Gasteiger partial charge in [-0.2, -0.15) is 5.10 Å². The van der Waals surface area contributed by atoms with Crippen molar-refractivity contribution in [2.24, 2.45) is 0 Å². The van der Waals surface area contributed by atoms with E-state index in [2.05, 4.69) is 16.1 Å². The minimum atomic E-state index is -0.609. The lowest BCUT2D eigenvalue weighted by Gasteiger charge is -2.38. The molecule has 0 aliphatic carbocycles. The number of carbonyl (C=O) groups excluding carboxylic acids is 1. The van der Waals surface area contributed by atoms with Crippen LogP contribution in [0, 0.1) is 13.8 Å². The molecule has 33 heavy (non-hydrogen) atoms. The zero-order valence-electron chi connectivity index (χ0n) is 19.0. The Morgan fingerprint density at radius 3 is 2.36 bits per heavy atom. The smallest absolute Gasteiger partial charge is 0.332 e. The van der Waals surface area contributed by atoms with Crippen LogP contribution in [0.4, 0.5) is 0 Å². The van der Waals surface area contributed by atoms with E-state index in [9.17, 15) is 14.4 Å². The Labute approximate surface area is 191 Å². The van der Waals surface area contributed by atoms with Crippen LogP contribution in [0.5, 0.6) is 0 Å². The van der Waals surface area contributed by atoms with E-state index in [4.69, 9.17) is 0 Å². The Hall–Kier alpha value is -3.55. The molecular formula is C25H27N5O3. The Morgan fingerprint density at radius 1 is 1.00 bits per heavy atom. The van der Waals surface area contributed by atoms with Crippen LogP contribution < -0.4 is 11.1 Å². The van der Waals surface area contributed by atoms with E-state index in [0.717, 1.165) is 41.5 Å². The molecule has 2 aromatic heterocycles. The summed E-state index contributed by atoms with van der Waals surface area (Å²) >= 11 is 0. The van der Waals surface area contributed by atoms with Crippen molar-refractivity contribution >= 4 is 5.91 Å². The fraction of sp³-hybridized carbons (Fsp3) is 0.400. The van der Waals surface area contributed by atoms with E-state index in [1.165, 1.54) is 4.68 Å². The number of aromatic nitrogens is 4. The van der Waals surface area contributed by atoms with Gasteiger partial charge in [0.05, 0.1) is 6.54 Å². The number of carbonyl (C=O) groups is 1. The lowest BCUT2D eigenvalue weighted by Crippen LogP contribution is -2.48. The second kappa shape index (κ2) is 8.10. The number of hydrogen-bond acceptors (Lipinski definition) is 5.